The van der Waals surface area contributed by atoms with Crippen molar-refractivity contribution < 1.29 is 0 Å². The molecule has 0 bridgehead atoms. The van der Waals surface area contributed by atoms with E-state index in [0.29, 0.717) is 12.8 Å². The van der Waals surface area contributed by atoms with Gasteiger partial charge in [0, 0.05) is 5.39 Å². The number of benzene rings is 1. The van der Waals surface area contributed by atoms with Crippen molar-refractivity contribution in [3.05, 3.63) is 29.5 Å². The first-order valence-corrected chi connectivity index (χ1v) is 6.64. The van der Waals surface area contributed by atoms with Crippen LogP contribution >= 0.6 is 0 Å². The Bertz CT molecular complexity index is 634. The first-order chi connectivity index (χ1) is 9.26. The average Bonchev–Trinajstić information content (AvgIpc) is 2.70. The molecular weight excluding hydrogens is 241 g/mol. The number of aromatic amines is 1. The van der Waals surface area contributed by atoms with Gasteiger partial charge < -0.3 is 5.32 Å². The number of aryl methyl sites for hydroxylation is 1. The highest BCUT2D eigenvalue weighted by Crippen LogP contribution is 2.37. The van der Waals surface area contributed by atoms with E-state index in [1.165, 1.54) is 0 Å². The summed E-state index contributed by atoms with van der Waals surface area (Å²) in [6.07, 6.45) is 2.95. The first kappa shape index (κ1) is 13.9. The molecule has 1 aliphatic rings. The predicted octanol–water partition coefficient (Wildman–Crippen LogP) is 0.320. The van der Waals surface area contributed by atoms with Gasteiger partial charge in [0.2, 0.25) is 0 Å². The van der Waals surface area contributed by atoms with E-state index >= 15 is 0 Å². The van der Waals surface area contributed by atoms with Gasteiger partial charge >= 0.3 is 0 Å². The van der Waals surface area contributed by atoms with E-state index in [2.05, 4.69) is 34.6 Å². The number of hydrogen-bond donors (Lipinski definition) is 2. The minimum atomic E-state index is -1.07. The lowest BCUT2D eigenvalue weighted by molar-refractivity contribution is 0.346. The number of piperidine rings is 1. The van der Waals surface area contributed by atoms with Crippen LogP contribution in [0.3, 0.4) is 0 Å². The van der Waals surface area contributed by atoms with Crippen molar-refractivity contribution in [1.29, 1.82) is 0 Å². The Morgan fingerprint density at radius 3 is 2.45 bits per heavy atom. The Morgan fingerprint density at radius 2 is 1.80 bits per heavy atom. The van der Waals surface area contributed by atoms with Crippen molar-refractivity contribution in [3.63, 3.8) is 0 Å². The lowest BCUT2D eigenvalue weighted by Gasteiger charge is -2.49. The van der Waals surface area contributed by atoms with Gasteiger partial charge in [-0.25, -0.2) is 0 Å². The molecule has 20 heavy (non-hydrogen) atoms. The van der Waals surface area contributed by atoms with E-state index in [9.17, 15) is 0 Å². The summed E-state index contributed by atoms with van der Waals surface area (Å²) in [7, 11) is 24.0. The van der Waals surface area contributed by atoms with Gasteiger partial charge in [0.25, 0.3) is 0 Å². The molecule has 92 valence electrons. The van der Waals surface area contributed by atoms with Crippen molar-refractivity contribution in [2.75, 3.05) is 0 Å². The summed E-state index contributed by atoms with van der Waals surface area (Å²) >= 11 is 0. The molecular formula is C13H13B4N3. The standard InChI is InChI=1S/C13H13B4N3/c1-7-2-8-6-18-19-11(8)3-10(7)9-4-12(14,15)20-13(16,17)5-9/h2-3,6,9,20H,4-5H2,1H3,(H,18,19). The summed E-state index contributed by atoms with van der Waals surface area (Å²) in [5, 5.41) is 8.85. The van der Waals surface area contributed by atoms with E-state index in [4.69, 9.17) is 31.4 Å². The Kier molecular flexibility index (Phi) is 3.09. The van der Waals surface area contributed by atoms with Gasteiger partial charge in [-0.3, -0.25) is 5.10 Å². The number of hydrogen-bond acceptors (Lipinski definition) is 2. The van der Waals surface area contributed by atoms with E-state index < -0.39 is 10.7 Å². The minimum absolute atomic E-state index is 0.106. The van der Waals surface area contributed by atoms with Crippen LogP contribution in [0.25, 0.3) is 10.9 Å². The first-order valence-electron chi connectivity index (χ1n) is 6.64. The molecule has 2 N–H and O–H groups in total. The van der Waals surface area contributed by atoms with Crippen LogP contribution in [-0.2, 0) is 0 Å². The number of fused-ring (bicyclic) bond motifs is 1. The van der Waals surface area contributed by atoms with Gasteiger partial charge in [-0.2, -0.15) is 5.10 Å². The maximum atomic E-state index is 6.01. The van der Waals surface area contributed by atoms with Gasteiger partial charge in [-0.1, -0.05) is 10.7 Å². The topological polar surface area (TPSA) is 40.7 Å². The summed E-state index contributed by atoms with van der Waals surface area (Å²) in [5.41, 5.74) is 3.31. The second kappa shape index (κ2) is 4.45. The molecule has 1 aromatic carbocycles. The normalized spacial score (nSPS) is 22.1. The molecule has 0 unspecified atom stereocenters. The molecule has 1 fully saturated rings. The van der Waals surface area contributed by atoms with Crippen LogP contribution in [0.15, 0.2) is 18.3 Å². The third-order valence-corrected chi connectivity index (χ3v) is 3.90. The lowest BCUT2D eigenvalue weighted by atomic mass is 9.46. The van der Waals surface area contributed by atoms with Crippen LogP contribution in [0.4, 0.5) is 0 Å². The molecule has 0 spiro atoms. The highest BCUT2D eigenvalue weighted by atomic mass is 15.1. The van der Waals surface area contributed by atoms with Gasteiger partial charge in [-0.15, -0.1) is 0 Å². The molecule has 1 saturated heterocycles. The molecule has 0 amide bonds. The third kappa shape index (κ3) is 2.56. The highest BCUT2D eigenvalue weighted by Gasteiger charge is 2.37. The molecule has 0 saturated carbocycles. The fourth-order valence-corrected chi connectivity index (χ4v) is 3.20. The Hall–Kier alpha value is -1.09. The molecule has 2 aromatic rings. The van der Waals surface area contributed by atoms with Gasteiger partial charge in [0.15, 0.2) is 0 Å². The molecule has 1 aliphatic heterocycles. The molecule has 2 heterocycles. The number of rotatable bonds is 1. The lowest BCUT2D eigenvalue weighted by Crippen LogP contribution is -2.64. The van der Waals surface area contributed by atoms with Crippen molar-refractivity contribution >= 4 is 42.3 Å². The van der Waals surface area contributed by atoms with Crippen molar-refractivity contribution in [2.24, 2.45) is 0 Å². The molecule has 1 aromatic heterocycles. The Morgan fingerprint density at radius 1 is 1.15 bits per heavy atom. The quantitative estimate of drug-likeness (QED) is 0.720. The number of nitrogens with zero attached hydrogens (tertiary/aromatic N) is 1. The van der Waals surface area contributed by atoms with E-state index in [-0.39, 0.29) is 5.92 Å². The molecule has 3 nitrogen and oxygen atoms in total. The van der Waals surface area contributed by atoms with Gasteiger partial charge in [-0.05, 0) is 48.9 Å². The molecule has 3 rings (SSSR count). The summed E-state index contributed by atoms with van der Waals surface area (Å²) in [6.45, 7) is 2.06. The summed E-state index contributed by atoms with van der Waals surface area (Å²) in [6, 6.07) is 4.18. The highest BCUT2D eigenvalue weighted by molar-refractivity contribution is 6.44. The second-order valence-corrected chi connectivity index (χ2v) is 5.98. The molecule has 0 atom stereocenters. The third-order valence-electron chi connectivity index (χ3n) is 3.90. The maximum Gasteiger partial charge on any atom is 0.0820 e. The second-order valence-electron chi connectivity index (χ2n) is 5.98. The number of aromatic nitrogens is 2. The van der Waals surface area contributed by atoms with E-state index in [1.54, 1.807) is 6.20 Å². The van der Waals surface area contributed by atoms with Crippen molar-refractivity contribution in [1.82, 2.24) is 15.5 Å². The molecule has 8 radical (unpaired) electrons. The summed E-state index contributed by atoms with van der Waals surface area (Å²) in [5.74, 6) is 0.106. The monoisotopic (exact) mass is 255 g/mol. The van der Waals surface area contributed by atoms with Crippen LogP contribution in [0, 0.1) is 6.92 Å². The fourth-order valence-electron chi connectivity index (χ4n) is 3.20. The zero-order valence-corrected chi connectivity index (χ0v) is 11.5. The maximum absolute atomic E-state index is 6.01. The zero-order valence-electron chi connectivity index (χ0n) is 11.5. The summed E-state index contributed by atoms with van der Waals surface area (Å²) in [4.78, 5) is 0. The zero-order chi connectivity index (χ0) is 14.5. The molecule has 0 aliphatic carbocycles. The van der Waals surface area contributed by atoms with Crippen LogP contribution < -0.4 is 5.32 Å². The predicted molar refractivity (Wildman–Crippen MR) is 84.4 cm³/mol. The largest absolute Gasteiger partial charge is 0.339 e. The Balaban J connectivity index is 2.03. The van der Waals surface area contributed by atoms with Crippen molar-refractivity contribution in [2.45, 2.75) is 36.4 Å². The summed E-state index contributed by atoms with van der Waals surface area (Å²) < 4.78 is 0. The SMILES string of the molecule is [B]C1([B])CC(c2cc3[nH]ncc3cc2C)CC([B])([B])N1. The average molecular weight is 255 g/mol. The van der Waals surface area contributed by atoms with Crippen molar-refractivity contribution in [3.8, 4) is 0 Å². The van der Waals surface area contributed by atoms with Gasteiger partial charge in [0.1, 0.15) is 0 Å². The van der Waals surface area contributed by atoms with E-state index in [0.717, 1.165) is 22.0 Å². The van der Waals surface area contributed by atoms with Crippen LogP contribution in [0.1, 0.15) is 29.9 Å². The van der Waals surface area contributed by atoms with E-state index in [1.807, 2.05) is 0 Å². The fraction of sp³-hybridized carbons (Fsp3) is 0.462. The van der Waals surface area contributed by atoms with Crippen LogP contribution in [-0.4, -0.2) is 52.3 Å². The smallest absolute Gasteiger partial charge is 0.0820 e. The van der Waals surface area contributed by atoms with Crippen LogP contribution in [0.5, 0.6) is 0 Å². The van der Waals surface area contributed by atoms with Crippen LogP contribution in [0.2, 0.25) is 0 Å². The Labute approximate surface area is 124 Å². The number of H-pyrrole nitrogens is 1. The van der Waals surface area contributed by atoms with Gasteiger partial charge in [0.05, 0.1) is 43.1 Å². The molecule has 7 heteroatoms. The number of nitrogens with one attached hydrogen (secondary N) is 2. The minimum Gasteiger partial charge on any atom is -0.339 e.